The van der Waals surface area contributed by atoms with E-state index in [-0.39, 0.29) is 10.7 Å². The Morgan fingerprint density at radius 3 is 1.06 bits per heavy atom. The van der Waals surface area contributed by atoms with Gasteiger partial charge in [-0.15, -0.1) is 0 Å². The molecule has 2 unspecified atom stereocenters. The molecule has 2 atom stereocenters. The summed E-state index contributed by atoms with van der Waals surface area (Å²) in [5.41, 5.74) is 7.64. The van der Waals surface area contributed by atoms with E-state index in [1.807, 2.05) is 0 Å². The molecule has 32 heavy (non-hydrogen) atoms. The van der Waals surface area contributed by atoms with Crippen LogP contribution in [0.5, 0.6) is 0 Å². The van der Waals surface area contributed by atoms with Crippen molar-refractivity contribution >= 4 is 54.0 Å². The quantitative estimate of drug-likeness (QED) is 0.313. The average Bonchev–Trinajstić information content (AvgIpc) is 2.94. The van der Waals surface area contributed by atoms with Gasteiger partial charge in [-0.3, -0.25) is 0 Å². The summed E-state index contributed by atoms with van der Waals surface area (Å²) in [5.74, 6) is 1.53. The molecule has 174 valence electrons. The first-order valence-electron chi connectivity index (χ1n) is 11.7. The maximum absolute atomic E-state index is 6.22. The number of rotatable bonds is 6. The summed E-state index contributed by atoms with van der Waals surface area (Å²) in [5, 5.41) is 0.488. The monoisotopic (exact) mass is 486 g/mol. The molecule has 2 nitrogen and oxygen atoms in total. The van der Waals surface area contributed by atoms with E-state index in [0.29, 0.717) is 23.7 Å². The Labute approximate surface area is 211 Å². The minimum Gasteiger partial charge on any atom is -0.303 e. The molecule has 0 spiro atoms. The molecule has 1 heterocycles. The molecular formula is C27H38N2S3. The van der Waals surface area contributed by atoms with E-state index in [1.165, 1.54) is 33.6 Å². The molecule has 1 aliphatic heterocycles. The zero-order valence-corrected chi connectivity index (χ0v) is 23.2. The third kappa shape index (κ3) is 4.45. The van der Waals surface area contributed by atoms with Gasteiger partial charge in [0.2, 0.25) is 0 Å². The molecule has 2 aromatic carbocycles. The van der Waals surface area contributed by atoms with Gasteiger partial charge in [0.15, 0.2) is 5.11 Å². The summed E-state index contributed by atoms with van der Waals surface area (Å²) in [4.78, 5) is 4.50. The Morgan fingerprint density at radius 1 is 0.594 bits per heavy atom. The number of benzene rings is 2. The standard InChI is InChI=1S/C27H38N2S3/c1-15(2)19-11-9-12-20(16(3)4)23(19)28-25(30)26(31)29(27(28)32)24-21(17(5)6)13-10-14-22(24)18(7)8/h9-18,25-26,30-31H,1-8H3. The van der Waals surface area contributed by atoms with Crippen molar-refractivity contribution in [1.29, 1.82) is 0 Å². The van der Waals surface area contributed by atoms with Crippen LogP contribution < -0.4 is 9.80 Å². The molecule has 0 aliphatic carbocycles. The molecule has 2 aromatic rings. The molecule has 5 heteroatoms. The van der Waals surface area contributed by atoms with E-state index in [1.54, 1.807) is 0 Å². The lowest BCUT2D eigenvalue weighted by Crippen LogP contribution is -2.35. The minimum absolute atomic E-state index is 0.150. The molecule has 0 radical (unpaired) electrons. The maximum Gasteiger partial charge on any atom is 0.182 e. The molecule has 0 N–H and O–H groups in total. The van der Waals surface area contributed by atoms with Crippen LogP contribution in [0.3, 0.4) is 0 Å². The van der Waals surface area contributed by atoms with E-state index in [9.17, 15) is 0 Å². The molecule has 1 saturated heterocycles. The first-order valence-corrected chi connectivity index (χ1v) is 13.2. The van der Waals surface area contributed by atoms with Gasteiger partial charge in [-0.2, -0.15) is 25.3 Å². The average molecular weight is 487 g/mol. The number of thiol groups is 2. The van der Waals surface area contributed by atoms with Crippen LogP contribution in [0.15, 0.2) is 36.4 Å². The van der Waals surface area contributed by atoms with Crippen molar-refractivity contribution < 1.29 is 0 Å². The summed E-state index contributed by atoms with van der Waals surface area (Å²) in [6, 6.07) is 13.3. The Bertz CT molecular complexity index is 851. The number of para-hydroxylation sites is 2. The highest BCUT2D eigenvalue weighted by atomic mass is 32.1. The summed E-state index contributed by atoms with van der Waals surface area (Å²) in [7, 11) is 0. The lowest BCUT2D eigenvalue weighted by molar-refractivity contribution is 0.806. The van der Waals surface area contributed by atoms with Crippen molar-refractivity contribution in [2.24, 2.45) is 0 Å². The Hall–Kier alpha value is -1.17. The molecular weight excluding hydrogens is 449 g/mol. The fourth-order valence-electron chi connectivity index (χ4n) is 4.64. The van der Waals surface area contributed by atoms with Gasteiger partial charge < -0.3 is 9.80 Å². The predicted octanol–water partition coefficient (Wildman–Crippen LogP) is 8.30. The fraction of sp³-hybridized carbons (Fsp3) is 0.519. The van der Waals surface area contributed by atoms with Crippen LogP contribution in [0.2, 0.25) is 0 Å². The van der Waals surface area contributed by atoms with Gasteiger partial charge in [0.25, 0.3) is 0 Å². The van der Waals surface area contributed by atoms with E-state index < -0.39 is 0 Å². The summed E-state index contributed by atoms with van der Waals surface area (Å²) < 4.78 is 0. The molecule has 1 fully saturated rings. The summed E-state index contributed by atoms with van der Waals surface area (Å²) in [6.07, 6.45) is 0. The number of hydrogen-bond acceptors (Lipinski definition) is 3. The first-order chi connectivity index (χ1) is 15.0. The predicted molar refractivity (Wildman–Crippen MR) is 152 cm³/mol. The van der Waals surface area contributed by atoms with E-state index in [4.69, 9.17) is 37.5 Å². The Morgan fingerprint density at radius 2 is 0.844 bits per heavy atom. The molecule has 1 aliphatic rings. The van der Waals surface area contributed by atoms with Gasteiger partial charge in [-0.1, -0.05) is 91.8 Å². The van der Waals surface area contributed by atoms with Crippen molar-refractivity contribution in [2.45, 2.75) is 89.8 Å². The fourth-order valence-corrected chi connectivity index (χ4v) is 5.93. The van der Waals surface area contributed by atoms with Gasteiger partial charge in [0.1, 0.15) is 10.7 Å². The first kappa shape index (κ1) is 25.5. The molecule has 0 amide bonds. The maximum atomic E-state index is 6.22. The highest BCUT2D eigenvalue weighted by molar-refractivity contribution is 7.86. The third-order valence-corrected chi connectivity index (χ3v) is 8.03. The summed E-state index contributed by atoms with van der Waals surface area (Å²) in [6.45, 7) is 18.0. The van der Waals surface area contributed by atoms with E-state index in [0.717, 1.165) is 5.11 Å². The van der Waals surface area contributed by atoms with Gasteiger partial charge in [-0.25, -0.2) is 0 Å². The number of thiocarbonyl (C=S) groups is 1. The second kappa shape index (κ2) is 9.99. The number of nitrogens with zero attached hydrogens (tertiary/aromatic N) is 2. The van der Waals surface area contributed by atoms with Gasteiger partial charge in [-0.05, 0) is 58.1 Å². The van der Waals surface area contributed by atoms with Crippen LogP contribution in [0.1, 0.15) is 101 Å². The van der Waals surface area contributed by atoms with Crippen LogP contribution in [0.4, 0.5) is 11.4 Å². The Kier molecular flexibility index (Phi) is 7.94. The molecule has 3 rings (SSSR count). The third-order valence-electron chi connectivity index (χ3n) is 6.37. The topological polar surface area (TPSA) is 6.48 Å². The van der Waals surface area contributed by atoms with Crippen LogP contribution in [0, 0.1) is 0 Å². The van der Waals surface area contributed by atoms with E-state index in [2.05, 4.69) is 102 Å². The van der Waals surface area contributed by atoms with Crippen molar-refractivity contribution in [3.8, 4) is 0 Å². The second-order valence-corrected chi connectivity index (χ2v) is 11.5. The van der Waals surface area contributed by atoms with Crippen LogP contribution in [-0.4, -0.2) is 15.9 Å². The molecule has 0 aromatic heterocycles. The zero-order valence-electron chi connectivity index (χ0n) is 20.6. The van der Waals surface area contributed by atoms with E-state index >= 15 is 0 Å². The largest absolute Gasteiger partial charge is 0.303 e. The van der Waals surface area contributed by atoms with Crippen molar-refractivity contribution in [3.05, 3.63) is 58.7 Å². The highest BCUT2D eigenvalue weighted by Crippen LogP contribution is 2.46. The lowest BCUT2D eigenvalue weighted by atomic mass is 9.92. The van der Waals surface area contributed by atoms with Crippen molar-refractivity contribution in [3.63, 3.8) is 0 Å². The SMILES string of the molecule is CC(C)c1cccc(C(C)C)c1N1C(=S)N(c2c(C(C)C)cccc2C(C)C)C(S)C1S. The van der Waals surface area contributed by atoms with Gasteiger partial charge >= 0.3 is 0 Å². The minimum atomic E-state index is -0.150. The Balaban J connectivity index is 2.25. The lowest BCUT2D eigenvalue weighted by Gasteiger charge is -2.32. The highest BCUT2D eigenvalue weighted by Gasteiger charge is 2.44. The second-order valence-electron chi connectivity index (χ2n) is 10.0. The van der Waals surface area contributed by atoms with Crippen LogP contribution in [-0.2, 0) is 0 Å². The van der Waals surface area contributed by atoms with Crippen molar-refractivity contribution in [2.75, 3.05) is 9.80 Å². The zero-order chi connectivity index (χ0) is 23.9. The van der Waals surface area contributed by atoms with Gasteiger partial charge in [0, 0.05) is 0 Å². The number of hydrogen-bond donors (Lipinski definition) is 2. The van der Waals surface area contributed by atoms with Crippen LogP contribution >= 0.6 is 37.5 Å². The molecule has 0 saturated carbocycles. The normalized spacial score (nSPS) is 19.4. The molecule has 0 bridgehead atoms. The summed E-state index contributed by atoms with van der Waals surface area (Å²) >= 11 is 16.4. The number of anilines is 2. The van der Waals surface area contributed by atoms with Crippen molar-refractivity contribution in [1.82, 2.24) is 0 Å². The van der Waals surface area contributed by atoms with Crippen LogP contribution in [0.25, 0.3) is 0 Å². The smallest absolute Gasteiger partial charge is 0.182 e. The van der Waals surface area contributed by atoms with Gasteiger partial charge in [0.05, 0.1) is 11.4 Å².